The van der Waals surface area contributed by atoms with E-state index in [2.05, 4.69) is 24.8 Å². The van der Waals surface area contributed by atoms with Crippen LogP contribution < -0.4 is 0 Å². The Labute approximate surface area is 125 Å². The lowest BCUT2D eigenvalue weighted by Crippen LogP contribution is -1.91. The number of hydrogen-bond acceptors (Lipinski definition) is 7. The Morgan fingerprint density at radius 2 is 1.53 bits per heavy atom. The summed E-state index contributed by atoms with van der Waals surface area (Å²) in [6.45, 7) is 0. The van der Waals surface area contributed by atoms with Crippen LogP contribution in [-0.4, -0.2) is 21.8 Å². The Morgan fingerprint density at radius 1 is 1.06 bits per heavy atom. The average Bonchev–Trinajstić information content (AvgIpc) is 2.73. The second kappa shape index (κ2) is 9.41. The number of thioether (sulfide) groups is 4. The summed E-state index contributed by atoms with van der Waals surface area (Å²) < 4.78 is 3.10. The molecule has 1 rings (SSSR count). The van der Waals surface area contributed by atoms with Gasteiger partial charge in [0.2, 0.25) is 0 Å². The second-order valence-corrected chi connectivity index (χ2v) is 8.75. The Bertz CT molecular complexity index is 323. The van der Waals surface area contributed by atoms with Crippen LogP contribution >= 0.6 is 59.7 Å². The van der Waals surface area contributed by atoms with Crippen LogP contribution in [0, 0.1) is 22.7 Å². The Hall–Kier alpha value is 0.470. The van der Waals surface area contributed by atoms with E-state index in [1.807, 2.05) is 23.5 Å². The minimum absolute atomic E-state index is 0.479. The van der Waals surface area contributed by atoms with Crippen molar-refractivity contribution in [2.45, 2.75) is 17.4 Å². The molecule has 0 amide bonds. The molecule has 92 valence electrons. The van der Waals surface area contributed by atoms with Crippen LogP contribution in [0.3, 0.4) is 0 Å². The minimum atomic E-state index is 0.479. The van der Waals surface area contributed by atoms with Gasteiger partial charge < -0.3 is 0 Å². The maximum absolute atomic E-state index is 8.53. The highest BCUT2D eigenvalue weighted by molar-refractivity contribution is 8.37. The van der Waals surface area contributed by atoms with Gasteiger partial charge in [0.25, 0.3) is 0 Å². The first kappa shape index (κ1) is 15.5. The molecule has 0 aromatic heterocycles. The lowest BCUT2D eigenvalue weighted by Gasteiger charge is -2.02. The summed E-state index contributed by atoms with van der Waals surface area (Å²) in [6.07, 6.45) is 1.17. The molecule has 0 atom stereocenters. The van der Waals surface area contributed by atoms with E-state index in [-0.39, 0.29) is 0 Å². The fraction of sp³-hybridized carbons (Fsp3) is 0.600. The lowest BCUT2D eigenvalue weighted by molar-refractivity contribution is 1.24. The number of nitriles is 2. The highest BCUT2D eigenvalue weighted by Crippen LogP contribution is 2.55. The standard InChI is InChI=1S/C10H12N2S5/c11-3-1-5-14-9-10(15-6-2-4-12)17-8(7-13)16-9/h8,13H,1-2,5-7H2. The Balaban J connectivity index is 2.47. The number of rotatable bonds is 7. The van der Waals surface area contributed by atoms with E-state index in [1.54, 1.807) is 23.5 Å². The molecule has 0 spiro atoms. The molecule has 0 bridgehead atoms. The van der Waals surface area contributed by atoms with E-state index in [1.165, 1.54) is 8.47 Å². The third kappa shape index (κ3) is 5.76. The van der Waals surface area contributed by atoms with Gasteiger partial charge in [-0.15, -0.1) is 47.0 Å². The van der Waals surface area contributed by atoms with Gasteiger partial charge in [0, 0.05) is 30.1 Å². The van der Waals surface area contributed by atoms with Crippen LogP contribution in [0.4, 0.5) is 0 Å². The fourth-order valence-electron chi connectivity index (χ4n) is 0.998. The molecule has 0 aromatic carbocycles. The SMILES string of the molecule is N#CCCSC1=C(SCCC#N)SC(CS)S1. The molecular weight excluding hydrogens is 308 g/mol. The molecule has 0 N–H and O–H groups in total. The fourth-order valence-corrected chi connectivity index (χ4v) is 7.42. The van der Waals surface area contributed by atoms with Crippen LogP contribution in [-0.2, 0) is 0 Å². The molecule has 1 aliphatic rings. The normalized spacial score (nSPS) is 15.9. The van der Waals surface area contributed by atoms with Gasteiger partial charge in [-0.05, 0) is 0 Å². The molecule has 0 aliphatic carbocycles. The van der Waals surface area contributed by atoms with Gasteiger partial charge in [0.1, 0.15) is 0 Å². The molecule has 1 heterocycles. The van der Waals surface area contributed by atoms with Gasteiger partial charge in [0.05, 0.1) is 25.2 Å². The van der Waals surface area contributed by atoms with Crippen molar-refractivity contribution in [3.8, 4) is 12.1 Å². The van der Waals surface area contributed by atoms with Crippen molar-refractivity contribution in [1.29, 1.82) is 10.5 Å². The van der Waals surface area contributed by atoms with E-state index in [4.69, 9.17) is 10.5 Å². The molecule has 7 heteroatoms. The highest BCUT2D eigenvalue weighted by atomic mass is 32.3. The van der Waals surface area contributed by atoms with Gasteiger partial charge in [-0.25, -0.2) is 0 Å². The topological polar surface area (TPSA) is 47.6 Å². The van der Waals surface area contributed by atoms with Crippen molar-refractivity contribution in [1.82, 2.24) is 0 Å². The summed E-state index contributed by atoms with van der Waals surface area (Å²) in [5, 5.41) is 17.1. The lowest BCUT2D eigenvalue weighted by atomic mass is 10.6. The van der Waals surface area contributed by atoms with E-state index in [9.17, 15) is 0 Å². The molecule has 0 aromatic rings. The van der Waals surface area contributed by atoms with Crippen molar-refractivity contribution in [3.63, 3.8) is 0 Å². The quantitative estimate of drug-likeness (QED) is 0.562. The summed E-state index contributed by atoms with van der Waals surface area (Å²) in [7, 11) is 0. The van der Waals surface area contributed by atoms with Crippen molar-refractivity contribution in [2.24, 2.45) is 0 Å². The van der Waals surface area contributed by atoms with E-state index in [0.29, 0.717) is 17.4 Å². The second-order valence-electron chi connectivity index (χ2n) is 2.94. The smallest absolute Gasteiger partial charge is 0.0695 e. The third-order valence-corrected chi connectivity index (χ3v) is 8.37. The van der Waals surface area contributed by atoms with Crippen molar-refractivity contribution >= 4 is 59.7 Å². The maximum atomic E-state index is 8.53. The maximum Gasteiger partial charge on any atom is 0.0695 e. The summed E-state index contributed by atoms with van der Waals surface area (Å²) in [5.41, 5.74) is 0. The van der Waals surface area contributed by atoms with Crippen LogP contribution in [0.1, 0.15) is 12.8 Å². The number of hydrogen-bond donors (Lipinski definition) is 1. The predicted octanol–water partition coefficient (Wildman–Crippen LogP) is 4.14. The molecule has 0 saturated heterocycles. The molecule has 0 unspecified atom stereocenters. The Morgan fingerprint density at radius 3 is 1.88 bits per heavy atom. The summed E-state index contributed by atoms with van der Waals surface area (Å²) in [5.74, 6) is 2.54. The number of thiol groups is 1. The monoisotopic (exact) mass is 320 g/mol. The summed E-state index contributed by atoms with van der Waals surface area (Å²) in [6, 6.07) is 4.32. The predicted molar refractivity (Wildman–Crippen MR) is 85.2 cm³/mol. The zero-order valence-corrected chi connectivity index (χ0v) is 13.2. The molecule has 2 nitrogen and oxygen atoms in total. The highest BCUT2D eigenvalue weighted by Gasteiger charge is 2.25. The first-order valence-electron chi connectivity index (χ1n) is 4.99. The molecule has 0 radical (unpaired) electrons. The minimum Gasteiger partial charge on any atom is -0.198 e. The molecular formula is C10H12N2S5. The summed E-state index contributed by atoms with van der Waals surface area (Å²) >= 11 is 11.5. The van der Waals surface area contributed by atoms with Crippen molar-refractivity contribution in [2.75, 3.05) is 17.3 Å². The zero-order valence-electron chi connectivity index (χ0n) is 9.09. The molecule has 1 aliphatic heterocycles. The van der Waals surface area contributed by atoms with E-state index < -0.39 is 0 Å². The van der Waals surface area contributed by atoms with Gasteiger partial charge >= 0.3 is 0 Å². The van der Waals surface area contributed by atoms with Crippen LogP contribution in [0.15, 0.2) is 8.47 Å². The average molecular weight is 321 g/mol. The number of nitrogens with zero attached hydrogens (tertiary/aromatic N) is 2. The molecule has 0 fully saturated rings. The largest absolute Gasteiger partial charge is 0.198 e. The van der Waals surface area contributed by atoms with E-state index in [0.717, 1.165) is 17.3 Å². The van der Waals surface area contributed by atoms with Gasteiger partial charge in [-0.3, -0.25) is 0 Å². The third-order valence-electron chi connectivity index (χ3n) is 1.69. The molecule has 0 saturated carbocycles. The first-order valence-corrected chi connectivity index (χ1v) is 9.36. The molecule has 17 heavy (non-hydrogen) atoms. The van der Waals surface area contributed by atoms with Crippen LogP contribution in [0.2, 0.25) is 0 Å². The van der Waals surface area contributed by atoms with Crippen molar-refractivity contribution in [3.05, 3.63) is 8.47 Å². The van der Waals surface area contributed by atoms with Crippen molar-refractivity contribution < 1.29 is 0 Å². The van der Waals surface area contributed by atoms with Gasteiger partial charge in [-0.1, -0.05) is 0 Å². The van der Waals surface area contributed by atoms with Crippen LogP contribution in [0.25, 0.3) is 0 Å². The first-order chi connectivity index (χ1) is 8.31. The Kier molecular flexibility index (Phi) is 8.59. The van der Waals surface area contributed by atoms with E-state index >= 15 is 0 Å². The summed E-state index contributed by atoms with van der Waals surface area (Å²) in [4.78, 5) is 0. The van der Waals surface area contributed by atoms with Crippen LogP contribution in [0.5, 0.6) is 0 Å². The van der Waals surface area contributed by atoms with Gasteiger partial charge in [-0.2, -0.15) is 23.2 Å². The van der Waals surface area contributed by atoms with Gasteiger partial charge in [0.15, 0.2) is 0 Å². The zero-order chi connectivity index (χ0) is 12.5.